The summed E-state index contributed by atoms with van der Waals surface area (Å²) in [6.45, 7) is 1.20. The summed E-state index contributed by atoms with van der Waals surface area (Å²) in [6, 6.07) is 6.27. The number of hydrogen-bond donors (Lipinski definition) is 1. The summed E-state index contributed by atoms with van der Waals surface area (Å²) in [4.78, 5) is 14.3. The lowest BCUT2D eigenvalue weighted by Crippen LogP contribution is -2.42. The van der Waals surface area contributed by atoms with Crippen molar-refractivity contribution in [2.75, 3.05) is 13.6 Å². The lowest BCUT2D eigenvalue weighted by molar-refractivity contribution is 0.197. The van der Waals surface area contributed by atoms with Crippen LogP contribution < -0.4 is 5.32 Å². The molecule has 1 aromatic carbocycles. The standard InChI is InChI=1S/C18H24FN5O/c1-23(10-11-24-12-20-21-13-24)18(25)22-17(14-4-2-3-5-14)15-6-8-16(19)9-7-15/h6-9,12-14,17H,2-5,10-11H2,1H3,(H,22,25). The van der Waals surface area contributed by atoms with Gasteiger partial charge in [-0.3, -0.25) is 0 Å². The van der Waals surface area contributed by atoms with Gasteiger partial charge in [-0.15, -0.1) is 10.2 Å². The first-order chi connectivity index (χ1) is 12.1. The molecule has 1 atom stereocenters. The van der Waals surface area contributed by atoms with Crippen LogP contribution in [0.5, 0.6) is 0 Å². The zero-order valence-corrected chi connectivity index (χ0v) is 14.4. The Hall–Kier alpha value is -2.44. The van der Waals surface area contributed by atoms with Crippen molar-refractivity contribution in [1.82, 2.24) is 25.0 Å². The molecule has 1 heterocycles. The van der Waals surface area contributed by atoms with Crippen LogP contribution in [0.4, 0.5) is 9.18 Å². The molecule has 0 radical (unpaired) electrons. The fraction of sp³-hybridized carbons (Fsp3) is 0.500. The molecule has 1 unspecified atom stereocenters. The number of urea groups is 1. The molecule has 0 bridgehead atoms. The van der Waals surface area contributed by atoms with Crippen LogP contribution in [0.2, 0.25) is 0 Å². The third kappa shape index (κ3) is 4.55. The van der Waals surface area contributed by atoms with Gasteiger partial charge in [0, 0.05) is 20.1 Å². The number of nitrogens with zero attached hydrogens (tertiary/aromatic N) is 4. The van der Waals surface area contributed by atoms with Gasteiger partial charge in [0.2, 0.25) is 0 Å². The molecule has 2 aromatic rings. The third-order valence-electron chi connectivity index (χ3n) is 4.89. The highest BCUT2D eigenvalue weighted by Gasteiger charge is 2.28. The summed E-state index contributed by atoms with van der Waals surface area (Å²) in [7, 11) is 1.77. The minimum Gasteiger partial charge on any atom is -0.331 e. The van der Waals surface area contributed by atoms with E-state index in [-0.39, 0.29) is 17.9 Å². The van der Waals surface area contributed by atoms with E-state index in [9.17, 15) is 9.18 Å². The molecule has 2 amide bonds. The molecule has 0 aliphatic heterocycles. The fourth-order valence-electron chi connectivity index (χ4n) is 3.38. The monoisotopic (exact) mass is 345 g/mol. The molecule has 0 saturated heterocycles. The van der Waals surface area contributed by atoms with E-state index in [2.05, 4.69) is 15.5 Å². The highest BCUT2D eigenvalue weighted by Crippen LogP contribution is 2.35. The van der Waals surface area contributed by atoms with Crippen molar-refractivity contribution in [3.8, 4) is 0 Å². The maximum absolute atomic E-state index is 13.2. The smallest absolute Gasteiger partial charge is 0.317 e. The Kier molecular flexibility index (Phi) is 5.63. The number of benzene rings is 1. The second-order valence-corrected chi connectivity index (χ2v) is 6.64. The SMILES string of the molecule is CN(CCn1cnnc1)C(=O)NC(c1ccc(F)cc1)C1CCCC1. The van der Waals surface area contributed by atoms with Crippen LogP contribution in [-0.2, 0) is 6.54 Å². The van der Waals surface area contributed by atoms with Crippen molar-refractivity contribution in [3.05, 3.63) is 48.3 Å². The van der Waals surface area contributed by atoms with E-state index >= 15 is 0 Å². The number of hydrogen-bond acceptors (Lipinski definition) is 3. The average Bonchev–Trinajstić information content (AvgIpc) is 3.32. The Labute approximate surface area is 147 Å². The van der Waals surface area contributed by atoms with Gasteiger partial charge < -0.3 is 14.8 Å². The van der Waals surface area contributed by atoms with Gasteiger partial charge in [-0.25, -0.2) is 9.18 Å². The number of rotatable bonds is 6. The molecule has 7 heteroatoms. The molecule has 1 aliphatic rings. The van der Waals surface area contributed by atoms with Crippen molar-refractivity contribution >= 4 is 6.03 Å². The minimum atomic E-state index is -0.258. The Balaban J connectivity index is 1.64. The Morgan fingerprint density at radius 1 is 1.28 bits per heavy atom. The van der Waals surface area contributed by atoms with E-state index in [4.69, 9.17) is 0 Å². The molecular formula is C18H24FN5O. The maximum Gasteiger partial charge on any atom is 0.317 e. The van der Waals surface area contributed by atoms with E-state index in [1.165, 1.54) is 25.0 Å². The topological polar surface area (TPSA) is 63.1 Å². The summed E-state index contributed by atoms with van der Waals surface area (Å²) >= 11 is 0. The summed E-state index contributed by atoms with van der Waals surface area (Å²) in [6.07, 6.45) is 7.81. The van der Waals surface area contributed by atoms with Crippen molar-refractivity contribution < 1.29 is 9.18 Å². The number of carbonyl (C=O) groups excluding carboxylic acids is 1. The second kappa shape index (κ2) is 8.09. The second-order valence-electron chi connectivity index (χ2n) is 6.64. The average molecular weight is 345 g/mol. The molecule has 1 fully saturated rings. The predicted octanol–water partition coefficient (Wildman–Crippen LogP) is 2.99. The number of halogens is 1. The van der Waals surface area contributed by atoms with Gasteiger partial charge in [0.15, 0.2) is 0 Å². The van der Waals surface area contributed by atoms with Crippen molar-refractivity contribution in [2.45, 2.75) is 38.3 Å². The van der Waals surface area contributed by atoms with Crippen LogP contribution in [0.25, 0.3) is 0 Å². The Morgan fingerprint density at radius 2 is 1.92 bits per heavy atom. The van der Waals surface area contributed by atoms with E-state index in [0.29, 0.717) is 19.0 Å². The maximum atomic E-state index is 13.2. The normalized spacial score (nSPS) is 15.9. The van der Waals surface area contributed by atoms with Gasteiger partial charge in [-0.2, -0.15) is 0 Å². The molecule has 1 saturated carbocycles. The van der Waals surface area contributed by atoms with Crippen molar-refractivity contribution in [3.63, 3.8) is 0 Å². The van der Waals surface area contributed by atoms with Gasteiger partial charge in [-0.1, -0.05) is 25.0 Å². The number of carbonyl (C=O) groups is 1. The molecule has 1 N–H and O–H groups in total. The Morgan fingerprint density at radius 3 is 2.56 bits per heavy atom. The van der Waals surface area contributed by atoms with Gasteiger partial charge >= 0.3 is 6.03 Å². The van der Waals surface area contributed by atoms with Crippen molar-refractivity contribution in [2.24, 2.45) is 5.92 Å². The first-order valence-corrected chi connectivity index (χ1v) is 8.73. The van der Waals surface area contributed by atoms with Crippen LogP contribution in [0, 0.1) is 11.7 Å². The van der Waals surface area contributed by atoms with Crippen LogP contribution >= 0.6 is 0 Å². The van der Waals surface area contributed by atoms with E-state index in [1.54, 1.807) is 36.7 Å². The molecule has 0 spiro atoms. The first kappa shape index (κ1) is 17.4. The molecule has 6 nitrogen and oxygen atoms in total. The van der Waals surface area contributed by atoms with Crippen LogP contribution in [0.15, 0.2) is 36.9 Å². The summed E-state index contributed by atoms with van der Waals surface area (Å²) < 4.78 is 15.1. The zero-order valence-electron chi connectivity index (χ0n) is 14.4. The van der Waals surface area contributed by atoms with Crippen molar-refractivity contribution in [1.29, 1.82) is 0 Å². The molecule has 1 aliphatic carbocycles. The summed E-state index contributed by atoms with van der Waals surface area (Å²) in [5.74, 6) is 0.145. The minimum absolute atomic E-state index is 0.0760. The summed E-state index contributed by atoms with van der Waals surface area (Å²) in [5.41, 5.74) is 0.967. The lowest BCUT2D eigenvalue weighted by atomic mass is 9.91. The molecule has 134 valence electrons. The van der Waals surface area contributed by atoms with Crippen LogP contribution in [0.3, 0.4) is 0 Å². The predicted molar refractivity (Wildman–Crippen MR) is 92.3 cm³/mol. The third-order valence-corrected chi connectivity index (χ3v) is 4.89. The number of amides is 2. The molecular weight excluding hydrogens is 321 g/mol. The zero-order chi connectivity index (χ0) is 17.6. The largest absolute Gasteiger partial charge is 0.331 e. The van der Waals surface area contributed by atoms with E-state index in [1.807, 2.05) is 4.57 Å². The van der Waals surface area contributed by atoms with Gasteiger partial charge in [0.1, 0.15) is 18.5 Å². The summed E-state index contributed by atoms with van der Waals surface area (Å²) in [5, 5.41) is 10.7. The van der Waals surface area contributed by atoms with Gasteiger partial charge in [0.05, 0.1) is 6.04 Å². The van der Waals surface area contributed by atoms with E-state index < -0.39 is 0 Å². The lowest BCUT2D eigenvalue weighted by Gasteiger charge is -2.28. The number of nitrogens with one attached hydrogen (secondary N) is 1. The Bertz CT molecular complexity index is 667. The van der Waals surface area contributed by atoms with Crippen LogP contribution in [-0.4, -0.2) is 39.3 Å². The molecule has 3 rings (SSSR count). The fourth-order valence-corrected chi connectivity index (χ4v) is 3.38. The quantitative estimate of drug-likeness (QED) is 0.875. The number of likely N-dealkylation sites (N-methyl/N-ethyl adjacent to an activating group) is 1. The van der Waals surface area contributed by atoms with Crippen LogP contribution in [0.1, 0.15) is 37.3 Å². The molecule has 25 heavy (non-hydrogen) atoms. The van der Waals surface area contributed by atoms with Gasteiger partial charge in [-0.05, 0) is 36.5 Å². The first-order valence-electron chi connectivity index (χ1n) is 8.73. The number of aromatic nitrogens is 3. The van der Waals surface area contributed by atoms with E-state index in [0.717, 1.165) is 18.4 Å². The van der Waals surface area contributed by atoms with Gasteiger partial charge in [0.25, 0.3) is 0 Å². The molecule has 1 aromatic heterocycles. The highest BCUT2D eigenvalue weighted by molar-refractivity contribution is 5.74. The highest BCUT2D eigenvalue weighted by atomic mass is 19.1.